The molecule has 7 nitrogen and oxygen atoms in total. The molecule has 3 rings (SSSR count). The highest BCUT2D eigenvalue weighted by molar-refractivity contribution is 5.88. The summed E-state index contributed by atoms with van der Waals surface area (Å²) in [6.45, 7) is 10.3. The van der Waals surface area contributed by atoms with Gasteiger partial charge in [0.25, 0.3) is 0 Å². The zero-order valence-electron chi connectivity index (χ0n) is 14.7. The second-order valence-electron chi connectivity index (χ2n) is 7.09. The molecule has 0 unspecified atom stereocenters. The van der Waals surface area contributed by atoms with Crippen LogP contribution in [0.2, 0.25) is 0 Å². The van der Waals surface area contributed by atoms with E-state index in [9.17, 15) is 4.79 Å². The number of amides is 2. The molecule has 0 atom stereocenters. The van der Waals surface area contributed by atoms with Crippen LogP contribution in [0.5, 0.6) is 0 Å². The molecule has 2 aromatic heterocycles. The Morgan fingerprint density at radius 3 is 2.58 bits per heavy atom. The van der Waals surface area contributed by atoms with E-state index in [2.05, 4.69) is 47.2 Å². The highest BCUT2D eigenvalue weighted by atomic mass is 16.2. The maximum atomic E-state index is 12.5. The second kappa shape index (κ2) is 6.22. The first-order valence-corrected chi connectivity index (χ1v) is 8.31. The number of anilines is 1. The van der Waals surface area contributed by atoms with Crippen molar-refractivity contribution in [2.24, 2.45) is 0 Å². The van der Waals surface area contributed by atoms with E-state index in [1.165, 1.54) is 0 Å². The Morgan fingerprint density at radius 2 is 1.96 bits per heavy atom. The highest BCUT2D eigenvalue weighted by Gasteiger charge is 2.25. The number of hydrogen-bond acceptors (Lipinski definition) is 4. The van der Waals surface area contributed by atoms with E-state index < -0.39 is 0 Å². The Kier molecular flexibility index (Phi) is 4.26. The lowest BCUT2D eigenvalue weighted by molar-refractivity contribution is 0.194. The molecule has 0 radical (unpaired) electrons. The summed E-state index contributed by atoms with van der Waals surface area (Å²) in [6.07, 6.45) is 4.08. The molecular weight excluding hydrogens is 304 g/mol. The molecule has 7 heteroatoms. The molecule has 0 fully saturated rings. The molecular formula is C17H24N6O. The van der Waals surface area contributed by atoms with Gasteiger partial charge in [-0.1, -0.05) is 27.7 Å². The van der Waals surface area contributed by atoms with Crippen LogP contribution in [0.25, 0.3) is 0 Å². The van der Waals surface area contributed by atoms with Crippen molar-refractivity contribution >= 4 is 11.7 Å². The maximum Gasteiger partial charge on any atom is 0.322 e. The van der Waals surface area contributed by atoms with Gasteiger partial charge >= 0.3 is 6.03 Å². The summed E-state index contributed by atoms with van der Waals surface area (Å²) < 4.78 is 2.00. The van der Waals surface area contributed by atoms with E-state index in [0.29, 0.717) is 25.3 Å². The van der Waals surface area contributed by atoms with Crippen molar-refractivity contribution in [2.75, 3.05) is 11.9 Å². The summed E-state index contributed by atoms with van der Waals surface area (Å²) >= 11 is 0. The van der Waals surface area contributed by atoms with Gasteiger partial charge in [0.05, 0.1) is 42.6 Å². The maximum absolute atomic E-state index is 12.5. The first kappa shape index (κ1) is 16.4. The minimum absolute atomic E-state index is 0.00971. The number of aromatic nitrogens is 4. The number of nitrogens with zero attached hydrogens (tertiary/aromatic N) is 5. The van der Waals surface area contributed by atoms with Crippen LogP contribution in [0.3, 0.4) is 0 Å². The van der Waals surface area contributed by atoms with E-state index in [1.54, 1.807) is 17.3 Å². The number of rotatable bonds is 2. The standard InChI is InChI=1S/C17H24N6O/c1-5-15-18-9-12(10-19-15)20-16(24)22-6-7-23-13(11-22)8-14(21-23)17(2,3)4/h8-10H,5-7,11H2,1-4H3,(H,20,24). The van der Waals surface area contributed by atoms with Crippen LogP contribution in [0.1, 0.15) is 44.9 Å². The predicted octanol–water partition coefficient (Wildman–Crippen LogP) is 2.58. The topological polar surface area (TPSA) is 75.9 Å². The van der Waals surface area contributed by atoms with Gasteiger partial charge in [-0.3, -0.25) is 4.68 Å². The molecule has 128 valence electrons. The molecule has 0 aliphatic carbocycles. The molecule has 1 aliphatic heterocycles. The monoisotopic (exact) mass is 328 g/mol. The fraction of sp³-hybridized carbons (Fsp3) is 0.529. The average Bonchev–Trinajstić information content (AvgIpc) is 2.99. The third-order valence-electron chi connectivity index (χ3n) is 4.13. The normalized spacial score (nSPS) is 14.4. The van der Waals surface area contributed by atoms with Crippen LogP contribution in [0.15, 0.2) is 18.5 Å². The number of fused-ring (bicyclic) bond motifs is 1. The molecule has 0 saturated carbocycles. The third-order valence-corrected chi connectivity index (χ3v) is 4.13. The molecule has 0 saturated heterocycles. The minimum atomic E-state index is -0.132. The number of hydrogen-bond donors (Lipinski definition) is 1. The van der Waals surface area contributed by atoms with Crippen molar-refractivity contribution in [3.63, 3.8) is 0 Å². The Morgan fingerprint density at radius 1 is 1.25 bits per heavy atom. The molecule has 1 aliphatic rings. The molecule has 3 heterocycles. The number of carbonyl (C=O) groups excluding carboxylic acids is 1. The molecule has 0 spiro atoms. The van der Waals surface area contributed by atoms with Crippen LogP contribution < -0.4 is 5.32 Å². The van der Waals surface area contributed by atoms with Gasteiger partial charge in [-0.05, 0) is 6.07 Å². The molecule has 1 N–H and O–H groups in total. The highest BCUT2D eigenvalue weighted by Crippen LogP contribution is 2.24. The SMILES string of the molecule is CCc1ncc(NC(=O)N2CCn3nc(C(C)(C)C)cc3C2)cn1. The van der Waals surface area contributed by atoms with E-state index in [1.807, 2.05) is 11.6 Å². The summed E-state index contributed by atoms with van der Waals surface area (Å²) in [7, 11) is 0. The minimum Gasteiger partial charge on any atom is -0.317 e. The first-order chi connectivity index (χ1) is 11.4. The zero-order valence-corrected chi connectivity index (χ0v) is 14.7. The summed E-state index contributed by atoms with van der Waals surface area (Å²) in [6, 6.07) is 1.96. The Hall–Kier alpha value is -2.44. The first-order valence-electron chi connectivity index (χ1n) is 8.31. The van der Waals surface area contributed by atoms with E-state index in [-0.39, 0.29) is 11.4 Å². The lowest BCUT2D eigenvalue weighted by Gasteiger charge is -2.27. The molecule has 2 aromatic rings. The Balaban J connectivity index is 1.68. The van der Waals surface area contributed by atoms with Crippen molar-refractivity contribution in [1.29, 1.82) is 0 Å². The lowest BCUT2D eigenvalue weighted by atomic mass is 9.92. The van der Waals surface area contributed by atoms with Crippen molar-refractivity contribution < 1.29 is 4.79 Å². The van der Waals surface area contributed by atoms with Gasteiger partial charge in [0, 0.05) is 18.4 Å². The summed E-state index contributed by atoms with van der Waals surface area (Å²) in [4.78, 5) is 22.7. The van der Waals surface area contributed by atoms with Crippen molar-refractivity contribution in [3.05, 3.63) is 35.7 Å². The fourth-order valence-corrected chi connectivity index (χ4v) is 2.61. The summed E-state index contributed by atoms with van der Waals surface area (Å²) in [5.74, 6) is 0.768. The largest absolute Gasteiger partial charge is 0.322 e. The molecule has 2 amide bonds. The van der Waals surface area contributed by atoms with Crippen LogP contribution in [-0.2, 0) is 24.9 Å². The summed E-state index contributed by atoms with van der Waals surface area (Å²) in [5, 5.41) is 7.52. The Labute approximate surface area is 142 Å². The van der Waals surface area contributed by atoms with Crippen molar-refractivity contribution in [2.45, 2.75) is 52.6 Å². The van der Waals surface area contributed by atoms with Crippen LogP contribution >= 0.6 is 0 Å². The van der Waals surface area contributed by atoms with E-state index in [0.717, 1.165) is 23.6 Å². The van der Waals surface area contributed by atoms with Gasteiger partial charge in [0.1, 0.15) is 5.82 Å². The number of nitrogens with one attached hydrogen (secondary N) is 1. The smallest absolute Gasteiger partial charge is 0.317 e. The van der Waals surface area contributed by atoms with Gasteiger partial charge in [-0.15, -0.1) is 0 Å². The number of urea groups is 1. The number of aryl methyl sites for hydroxylation is 1. The summed E-state index contributed by atoms with van der Waals surface area (Å²) in [5.41, 5.74) is 2.75. The van der Waals surface area contributed by atoms with E-state index >= 15 is 0 Å². The quantitative estimate of drug-likeness (QED) is 0.919. The van der Waals surface area contributed by atoms with Gasteiger partial charge in [-0.25, -0.2) is 14.8 Å². The molecule has 0 bridgehead atoms. The van der Waals surface area contributed by atoms with Crippen molar-refractivity contribution in [1.82, 2.24) is 24.6 Å². The van der Waals surface area contributed by atoms with Gasteiger partial charge in [0.15, 0.2) is 0 Å². The Bertz CT molecular complexity index is 729. The van der Waals surface area contributed by atoms with Crippen LogP contribution in [0.4, 0.5) is 10.5 Å². The van der Waals surface area contributed by atoms with Crippen molar-refractivity contribution in [3.8, 4) is 0 Å². The molecule has 0 aromatic carbocycles. The fourth-order valence-electron chi connectivity index (χ4n) is 2.61. The van der Waals surface area contributed by atoms with Crippen LogP contribution in [0, 0.1) is 0 Å². The van der Waals surface area contributed by atoms with Gasteiger partial charge < -0.3 is 10.2 Å². The average molecular weight is 328 g/mol. The zero-order chi connectivity index (χ0) is 17.3. The van der Waals surface area contributed by atoms with Gasteiger partial charge in [0.2, 0.25) is 0 Å². The number of carbonyl (C=O) groups is 1. The molecule has 24 heavy (non-hydrogen) atoms. The van der Waals surface area contributed by atoms with Gasteiger partial charge in [-0.2, -0.15) is 5.10 Å². The lowest BCUT2D eigenvalue weighted by Crippen LogP contribution is -2.40. The predicted molar refractivity (Wildman–Crippen MR) is 91.8 cm³/mol. The second-order valence-corrected chi connectivity index (χ2v) is 7.09. The van der Waals surface area contributed by atoms with E-state index in [4.69, 9.17) is 0 Å². The third kappa shape index (κ3) is 3.39. The van der Waals surface area contributed by atoms with Crippen LogP contribution in [-0.4, -0.2) is 37.2 Å².